The molecular weight excluding hydrogens is 244 g/mol. The van der Waals surface area contributed by atoms with E-state index in [1.807, 2.05) is 6.07 Å². The number of rotatable bonds is 6. The van der Waals surface area contributed by atoms with Gasteiger partial charge in [-0.25, -0.2) is 0 Å². The first kappa shape index (κ1) is 14.0. The molecule has 0 bridgehead atoms. The maximum atomic E-state index is 10.6. The molecule has 0 radical (unpaired) electrons. The third kappa shape index (κ3) is 4.61. The summed E-state index contributed by atoms with van der Waals surface area (Å²) < 4.78 is 5.61. The van der Waals surface area contributed by atoms with E-state index in [2.05, 4.69) is 5.32 Å². The molecule has 1 heterocycles. The quantitative estimate of drug-likeness (QED) is 0.487. The highest BCUT2D eigenvalue weighted by molar-refractivity contribution is 5.33. The summed E-state index contributed by atoms with van der Waals surface area (Å²) in [5.74, 6) is 0.707. The number of benzene rings is 1. The first-order valence-electron chi connectivity index (χ1n) is 6.77. The number of non-ortho nitro benzene ring substituents is 1. The zero-order valence-electron chi connectivity index (χ0n) is 11.0. The average Bonchev–Trinajstić information content (AvgIpc) is 2.45. The molecule has 1 aromatic rings. The minimum atomic E-state index is -0.378. The van der Waals surface area contributed by atoms with E-state index in [-0.39, 0.29) is 10.6 Å². The van der Waals surface area contributed by atoms with Gasteiger partial charge >= 0.3 is 0 Å². The molecule has 104 valence electrons. The molecule has 1 aliphatic heterocycles. The maximum Gasteiger partial charge on any atom is 0.269 e. The molecule has 1 atom stereocenters. The number of nitrogens with zero attached hydrogens (tertiary/aromatic N) is 1. The molecule has 0 amide bonds. The largest absolute Gasteiger partial charge is 0.377 e. The minimum Gasteiger partial charge on any atom is -0.377 e. The molecule has 0 saturated carbocycles. The summed E-state index contributed by atoms with van der Waals surface area (Å²) in [6.07, 6.45) is 3.57. The van der Waals surface area contributed by atoms with Crippen LogP contribution in [-0.4, -0.2) is 24.6 Å². The predicted molar refractivity (Wildman–Crippen MR) is 73.0 cm³/mol. The summed E-state index contributed by atoms with van der Waals surface area (Å²) in [5, 5.41) is 14.0. The summed E-state index contributed by atoms with van der Waals surface area (Å²) in [6, 6.07) is 6.62. The normalized spacial score (nSPS) is 19.3. The van der Waals surface area contributed by atoms with Crippen LogP contribution in [0.1, 0.15) is 24.8 Å². The molecule has 1 fully saturated rings. The fraction of sp³-hybridized carbons (Fsp3) is 0.571. The highest BCUT2D eigenvalue weighted by Gasteiger charge is 2.12. The number of ether oxygens (including phenoxy) is 1. The van der Waals surface area contributed by atoms with Crippen molar-refractivity contribution < 1.29 is 9.66 Å². The summed E-state index contributed by atoms with van der Waals surface area (Å²) in [6.45, 7) is 3.38. The summed E-state index contributed by atoms with van der Waals surface area (Å²) >= 11 is 0. The predicted octanol–water partition coefficient (Wildman–Crippen LogP) is 2.50. The van der Waals surface area contributed by atoms with Gasteiger partial charge < -0.3 is 10.1 Å². The zero-order chi connectivity index (χ0) is 13.5. The summed E-state index contributed by atoms with van der Waals surface area (Å²) in [7, 11) is 0. The number of nitrogens with one attached hydrogen (secondary N) is 1. The van der Waals surface area contributed by atoms with E-state index in [0.29, 0.717) is 12.5 Å². The van der Waals surface area contributed by atoms with E-state index in [0.717, 1.165) is 31.7 Å². The fourth-order valence-electron chi connectivity index (χ4n) is 2.37. The molecular formula is C14H20N2O3. The van der Waals surface area contributed by atoms with Gasteiger partial charge in [-0.2, -0.15) is 0 Å². The first-order valence-corrected chi connectivity index (χ1v) is 6.77. The van der Waals surface area contributed by atoms with E-state index in [1.54, 1.807) is 12.1 Å². The number of nitro benzene ring substituents is 1. The Morgan fingerprint density at radius 2 is 2.37 bits per heavy atom. The number of nitro groups is 1. The topological polar surface area (TPSA) is 64.4 Å². The molecule has 5 nitrogen and oxygen atoms in total. The van der Waals surface area contributed by atoms with E-state index in [9.17, 15) is 10.1 Å². The van der Waals surface area contributed by atoms with E-state index in [1.165, 1.54) is 18.9 Å². The Balaban J connectivity index is 1.70. The van der Waals surface area contributed by atoms with Crippen LogP contribution in [0.2, 0.25) is 0 Å². The van der Waals surface area contributed by atoms with E-state index in [4.69, 9.17) is 4.74 Å². The van der Waals surface area contributed by atoms with Crippen molar-refractivity contribution in [1.82, 2.24) is 5.32 Å². The Labute approximate surface area is 113 Å². The van der Waals surface area contributed by atoms with Crippen molar-refractivity contribution >= 4 is 5.69 Å². The van der Waals surface area contributed by atoms with Gasteiger partial charge in [0, 0.05) is 18.7 Å². The number of hydrogen-bond donors (Lipinski definition) is 1. The lowest BCUT2D eigenvalue weighted by molar-refractivity contribution is -0.384. The molecule has 0 spiro atoms. The Hall–Kier alpha value is -1.46. The highest BCUT2D eigenvalue weighted by Crippen LogP contribution is 2.16. The van der Waals surface area contributed by atoms with Gasteiger partial charge in [0.15, 0.2) is 0 Å². The minimum absolute atomic E-state index is 0.123. The Morgan fingerprint density at radius 3 is 3.11 bits per heavy atom. The highest BCUT2D eigenvalue weighted by atomic mass is 16.6. The van der Waals surface area contributed by atoms with Crippen LogP contribution in [0.4, 0.5) is 5.69 Å². The van der Waals surface area contributed by atoms with Crippen LogP contribution in [0.15, 0.2) is 24.3 Å². The van der Waals surface area contributed by atoms with Crippen molar-refractivity contribution in [1.29, 1.82) is 0 Å². The SMILES string of the molecule is O=[N+]([O-])c1cccc(COCCC2CCCNC2)c1. The number of piperidine rings is 1. The summed E-state index contributed by atoms with van der Waals surface area (Å²) in [5.41, 5.74) is 0.980. The molecule has 1 saturated heterocycles. The van der Waals surface area contributed by atoms with Gasteiger partial charge in [0.05, 0.1) is 11.5 Å². The van der Waals surface area contributed by atoms with Crippen molar-refractivity contribution in [2.75, 3.05) is 19.7 Å². The second-order valence-electron chi connectivity index (χ2n) is 4.98. The molecule has 1 unspecified atom stereocenters. The van der Waals surface area contributed by atoms with Gasteiger partial charge in [0.25, 0.3) is 5.69 Å². The van der Waals surface area contributed by atoms with Crippen LogP contribution in [0.3, 0.4) is 0 Å². The second kappa shape index (κ2) is 7.21. The van der Waals surface area contributed by atoms with Crippen molar-refractivity contribution in [2.24, 2.45) is 5.92 Å². The molecule has 1 aliphatic rings. The average molecular weight is 264 g/mol. The van der Waals surface area contributed by atoms with Gasteiger partial charge in [0.1, 0.15) is 0 Å². The van der Waals surface area contributed by atoms with Crippen LogP contribution < -0.4 is 5.32 Å². The molecule has 2 rings (SSSR count). The smallest absolute Gasteiger partial charge is 0.269 e. The Kier molecular flexibility index (Phi) is 5.30. The van der Waals surface area contributed by atoms with Crippen LogP contribution in [-0.2, 0) is 11.3 Å². The van der Waals surface area contributed by atoms with Crippen LogP contribution in [0, 0.1) is 16.0 Å². The lowest BCUT2D eigenvalue weighted by Crippen LogP contribution is -2.30. The molecule has 19 heavy (non-hydrogen) atoms. The second-order valence-corrected chi connectivity index (χ2v) is 4.98. The van der Waals surface area contributed by atoms with E-state index < -0.39 is 0 Å². The van der Waals surface area contributed by atoms with Crippen molar-refractivity contribution in [3.05, 3.63) is 39.9 Å². The number of hydrogen-bond acceptors (Lipinski definition) is 4. The van der Waals surface area contributed by atoms with Crippen LogP contribution in [0.25, 0.3) is 0 Å². The van der Waals surface area contributed by atoms with Gasteiger partial charge in [-0.1, -0.05) is 12.1 Å². The van der Waals surface area contributed by atoms with Gasteiger partial charge in [-0.15, -0.1) is 0 Å². The standard InChI is InChI=1S/C14H20N2O3/c17-16(18)14-5-1-3-13(9-14)11-19-8-6-12-4-2-7-15-10-12/h1,3,5,9,12,15H,2,4,6-8,10-11H2. The van der Waals surface area contributed by atoms with Crippen LogP contribution >= 0.6 is 0 Å². The lowest BCUT2D eigenvalue weighted by Gasteiger charge is -2.22. The molecule has 0 aromatic heterocycles. The van der Waals surface area contributed by atoms with Gasteiger partial charge in [-0.3, -0.25) is 10.1 Å². The first-order chi connectivity index (χ1) is 9.25. The Morgan fingerprint density at radius 1 is 1.47 bits per heavy atom. The van der Waals surface area contributed by atoms with Crippen molar-refractivity contribution in [3.8, 4) is 0 Å². The molecule has 0 aliphatic carbocycles. The molecule has 1 aromatic carbocycles. The monoisotopic (exact) mass is 264 g/mol. The van der Waals surface area contributed by atoms with Gasteiger partial charge in [-0.05, 0) is 43.8 Å². The molecule has 5 heteroatoms. The molecule has 1 N–H and O–H groups in total. The zero-order valence-corrected chi connectivity index (χ0v) is 11.0. The third-order valence-corrected chi connectivity index (χ3v) is 3.46. The fourth-order valence-corrected chi connectivity index (χ4v) is 2.37. The third-order valence-electron chi connectivity index (χ3n) is 3.46. The maximum absolute atomic E-state index is 10.6. The van der Waals surface area contributed by atoms with Gasteiger partial charge in [0.2, 0.25) is 0 Å². The van der Waals surface area contributed by atoms with E-state index >= 15 is 0 Å². The summed E-state index contributed by atoms with van der Waals surface area (Å²) in [4.78, 5) is 10.3. The van der Waals surface area contributed by atoms with Crippen LogP contribution in [0.5, 0.6) is 0 Å². The lowest BCUT2D eigenvalue weighted by atomic mass is 9.97. The Bertz CT molecular complexity index is 417. The van der Waals surface area contributed by atoms with Crippen molar-refractivity contribution in [2.45, 2.75) is 25.9 Å². The van der Waals surface area contributed by atoms with Crippen molar-refractivity contribution in [3.63, 3.8) is 0 Å².